The maximum atomic E-state index is 16.9. The number of nitrogens with one attached hydrogen (secondary N) is 4. The lowest BCUT2D eigenvalue weighted by molar-refractivity contribution is -0.221. The molecular weight excluding hydrogens is 1530 g/mol. The number of esters is 1. The molecule has 0 aliphatic carbocycles. The number of nitrogens with zero attached hydrogens (tertiary/aromatic N) is 8. The highest BCUT2D eigenvalue weighted by Crippen LogP contribution is 2.47. The van der Waals surface area contributed by atoms with Crippen molar-refractivity contribution in [3.8, 4) is 28.8 Å². The fraction of sp³-hybridized carbons (Fsp3) is 0.528. The zero-order chi connectivity index (χ0) is 82.5. The summed E-state index contributed by atoms with van der Waals surface area (Å²) in [6.07, 6.45) is -14.0. The molecule has 5 aromatic rings. The number of rotatable bonds is 29. The number of hydrazine groups is 1. The first-order chi connectivity index (χ1) is 52.3. The number of fused-ring (bicyclic) bond motifs is 2. The zero-order valence-corrected chi connectivity index (χ0v) is 63.2. The summed E-state index contributed by atoms with van der Waals surface area (Å²) in [6.45, 7) is 2.48. The molecule has 5 amide bonds. The number of carbonyl (C=O) groups excluding carboxylic acids is 6. The van der Waals surface area contributed by atoms with Gasteiger partial charge in [0.25, 0.3) is 5.91 Å². The molecule has 4 aliphatic heterocycles. The van der Waals surface area contributed by atoms with Crippen molar-refractivity contribution in [1.29, 1.82) is 0 Å². The Morgan fingerprint density at radius 1 is 0.759 bits per heavy atom. The maximum Gasteiger partial charge on any atom is 0.524 e. The van der Waals surface area contributed by atoms with Crippen LogP contribution in [0.1, 0.15) is 113 Å². The molecule has 2 aromatic heterocycles. The van der Waals surface area contributed by atoms with E-state index < -0.39 is 188 Å². The fourth-order valence-corrected chi connectivity index (χ4v) is 14.4. The number of likely N-dealkylation sites (tertiary alicyclic amines) is 1. The summed E-state index contributed by atoms with van der Waals surface area (Å²) in [6, 6.07) is 2.21. The number of carbonyl (C=O) groups is 7. The molecule has 6 heterocycles. The SMILES string of the molecule is COC(=O)N[C@H](C(=O)N[C@@H](Cc1ccc(C#Cc2cnc(N3CC4CCC(C3)N4C3COC3)nc2)cc1)[C@H](CN(Cc1c(F)cc(-c2ccn(C(F)F)n2)cc1F)NC(=O)[C@@H](NC(=O)OC)C(C)(C)C(F)(F)F)OC(=O)CC(C)(C)c1c(CC(=O)N2C[C@H](OC)C[C@H]2C(=O)O)cc(C)cc1OP(=O)(O)O)C(C)(C)C(F)(F)F. The van der Waals surface area contributed by atoms with Crippen LogP contribution in [0.15, 0.2) is 73.2 Å². The topological polar surface area (TPSA) is 357 Å². The normalized spacial score (nSPS) is 18.9. The van der Waals surface area contributed by atoms with Crippen molar-refractivity contribution in [1.82, 2.24) is 55.9 Å². The van der Waals surface area contributed by atoms with Crippen molar-refractivity contribution < 1.29 is 125 Å². The summed E-state index contributed by atoms with van der Waals surface area (Å²) >= 11 is 0. The van der Waals surface area contributed by atoms with Gasteiger partial charge in [0, 0.05) is 98.1 Å². The van der Waals surface area contributed by atoms with Gasteiger partial charge in [0.05, 0.1) is 87.1 Å². The Bertz CT molecular complexity index is 4360. The standard InChI is InChI=1S/C72H85F10N12O17P/c1-38-21-43(26-56(95)92-33-47(106-8)27-53(92)63(99)100)58(54(22-38)111-112(103,104)105)68(2,3)28-57(96)110-55(35-91(89-62(98)60(87-67(102)108-10)70(6,7)72(80,81)82)34-48-49(73)24-42(25-50(48)74)51-19-20-93(88-51)64(75)76)52(85-61(97)59(86-66(101)107-9)69(4,5)71(77,78)79)23-40-14-11-39(12-15-40)13-16-41-29-83-65(84-30-41)90-31-44-17-18-45(32-90)94(44)46-36-109-37-46/h11-12,14-15,19-22,24-25,29-30,44-47,52-53,55,59-60,64H,17-18,23,26-28,31-37H2,1-10H3,(H,85,97)(H,86,101)(H,87,102)(H,89,98)(H,99,100)(H2,103,104,105)/t44?,45?,47-,52+,53+,55+,59-,60-/m1/s1. The number of anilines is 1. The van der Waals surface area contributed by atoms with Crippen molar-refractivity contribution in [2.75, 3.05) is 65.6 Å². The Morgan fingerprint density at radius 2 is 1.33 bits per heavy atom. The van der Waals surface area contributed by atoms with Crippen LogP contribution >= 0.6 is 7.82 Å². The lowest BCUT2D eigenvalue weighted by Crippen LogP contribution is -2.64. The molecule has 9 rings (SSSR count). The van der Waals surface area contributed by atoms with E-state index in [2.05, 4.69) is 56.9 Å². The lowest BCUT2D eigenvalue weighted by atomic mass is 9.77. The zero-order valence-electron chi connectivity index (χ0n) is 62.3. The maximum absolute atomic E-state index is 16.9. The Morgan fingerprint density at radius 3 is 1.84 bits per heavy atom. The number of piperazine rings is 1. The van der Waals surface area contributed by atoms with Gasteiger partial charge in [-0.15, -0.1) is 0 Å². The third kappa shape index (κ3) is 20.6. The van der Waals surface area contributed by atoms with Crippen LogP contribution in [-0.2, 0) is 77.0 Å². The minimum absolute atomic E-state index is 0.0799. The van der Waals surface area contributed by atoms with E-state index in [9.17, 15) is 52.2 Å². The molecule has 8 atom stereocenters. The second-order valence-electron chi connectivity index (χ2n) is 29.4. The van der Waals surface area contributed by atoms with Gasteiger partial charge in [-0.2, -0.15) is 40.2 Å². The van der Waals surface area contributed by atoms with Gasteiger partial charge >= 0.3 is 50.8 Å². The summed E-state index contributed by atoms with van der Waals surface area (Å²) < 4.78 is 197. The number of aromatic nitrogens is 4. The van der Waals surface area contributed by atoms with E-state index in [1.54, 1.807) is 5.32 Å². The van der Waals surface area contributed by atoms with Crippen molar-refractivity contribution in [2.45, 2.75) is 172 Å². The molecule has 29 nitrogen and oxygen atoms in total. The average Bonchev–Trinajstić information content (AvgIpc) is 1.59. The smallest absolute Gasteiger partial charge is 0.480 e. The monoisotopic (exact) mass is 1610 g/mol. The average molecular weight is 1610 g/mol. The summed E-state index contributed by atoms with van der Waals surface area (Å²) in [4.78, 5) is 134. The third-order valence-corrected chi connectivity index (χ3v) is 20.7. The number of phosphoric acid groups is 1. The highest BCUT2D eigenvalue weighted by atomic mass is 31.2. The van der Waals surface area contributed by atoms with Gasteiger partial charge in [0.1, 0.15) is 41.6 Å². The number of aliphatic carboxylic acids is 1. The summed E-state index contributed by atoms with van der Waals surface area (Å²) in [5.74, 6) is -4.71. The van der Waals surface area contributed by atoms with Crippen molar-refractivity contribution in [3.63, 3.8) is 0 Å². The van der Waals surface area contributed by atoms with Crippen molar-refractivity contribution in [3.05, 3.63) is 124 Å². The summed E-state index contributed by atoms with van der Waals surface area (Å²) in [7, 11) is -2.85. The molecule has 2 unspecified atom stereocenters. The molecule has 0 spiro atoms. The number of aryl methyl sites for hydroxylation is 1. The van der Waals surface area contributed by atoms with Crippen LogP contribution in [0, 0.1) is 41.2 Å². The number of hydrogen-bond donors (Lipinski definition) is 7. The molecular formula is C72H85F10N12O17P. The number of alkyl halides is 8. The van der Waals surface area contributed by atoms with E-state index in [0.29, 0.717) is 106 Å². The van der Waals surface area contributed by atoms with Gasteiger partial charge < -0.3 is 59.1 Å². The number of phosphoric ester groups is 1. The summed E-state index contributed by atoms with van der Waals surface area (Å²) in [5.41, 5.74) is -7.94. The number of hydrogen-bond acceptors (Lipinski definition) is 20. The van der Waals surface area contributed by atoms with Crippen molar-refractivity contribution in [2.24, 2.45) is 10.8 Å². The fourth-order valence-electron chi connectivity index (χ4n) is 14.0. The third-order valence-electron chi connectivity index (χ3n) is 20.3. The summed E-state index contributed by atoms with van der Waals surface area (Å²) in [5, 5.41) is 20.2. The Hall–Kier alpha value is -9.71. The van der Waals surface area contributed by atoms with Gasteiger partial charge in [-0.05, 0) is 107 Å². The van der Waals surface area contributed by atoms with Crippen LogP contribution in [0.2, 0.25) is 0 Å². The largest absolute Gasteiger partial charge is 0.524 e. The predicted octanol–water partition coefficient (Wildman–Crippen LogP) is 7.95. The second-order valence-corrected chi connectivity index (χ2v) is 30.6. The highest BCUT2D eigenvalue weighted by Gasteiger charge is 2.58. The van der Waals surface area contributed by atoms with Crippen LogP contribution in [0.4, 0.5) is 59.4 Å². The Kier molecular flexibility index (Phi) is 26.7. The van der Waals surface area contributed by atoms with Crippen LogP contribution in [0.5, 0.6) is 5.75 Å². The van der Waals surface area contributed by atoms with E-state index in [1.807, 2.05) is 5.32 Å². The Labute approximate surface area is 635 Å². The van der Waals surface area contributed by atoms with E-state index in [0.717, 1.165) is 50.3 Å². The minimum atomic E-state index is -5.61. The number of methoxy groups -OCH3 is 3. The van der Waals surface area contributed by atoms with E-state index in [4.69, 9.17) is 18.7 Å². The van der Waals surface area contributed by atoms with Gasteiger partial charge in [0.2, 0.25) is 17.8 Å². The predicted molar refractivity (Wildman–Crippen MR) is 375 cm³/mol. The molecule has 4 fully saturated rings. The molecule has 7 N–H and O–H groups in total. The molecule has 2 bridgehead atoms. The van der Waals surface area contributed by atoms with Crippen LogP contribution < -0.4 is 30.8 Å². The second kappa shape index (κ2) is 34.7. The molecule has 112 heavy (non-hydrogen) atoms. The first kappa shape index (κ1) is 86.3. The minimum Gasteiger partial charge on any atom is -0.480 e. The first-order valence-corrected chi connectivity index (χ1v) is 36.5. The van der Waals surface area contributed by atoms with Crippen molar-refractivity contribution >= 4 is 55.6 Å². The quantitative estimate of drug-likeness (QED) is 0.00596. The van der Waals surface area contributed by atoms with Gasteiger partial charge in [0.15, 0.2) is 0 Å². The molecule has 3 aromatic carbocycles. The van der Waals surface area contributed by atoms with E-state index >= 15 is 44.7 Å². The molecule has 0 radical (unpaired) electrons. The molecule has 4 saturated heterocycles. The van der Waals surface area contributed by atoms with Gasteiger partial charge in [-0.3, -0.25) is 39.3 Å². The number of halogens is 10. The highest BCUT2D eigenvalue weighted by molar-refractivity contribution is 7.46. The van der Waals surface area contributed by atoms with Crippen LogP contribution in [0.25, 0.3) is 11.3 Å². The number of benzene rings is 3. The number of ether oxygens (including phenoxy) is 5. The molecule has 40 heteroatoms. The number of carboxylic acid groups (broad SMARTS) is 1. The molecule has 610 valence electrons. The number of alkyl carbamates (subject to hydrolysis) is 2. The number of amides is 5. The number of carboxylic acids is 1. The van der Waals surface area contributed by atoms with Gasteiger partial charge in [-0.1, -0.05) is 43.9 Å². The van der Waals surface area contributed by atoms with Crippen LogP contribution in [-0.4, -0.2) is 219 Å². The lowest BCUT2D eigenvalue weighted by Gasteiger charge is -2.47. The van der Waals surface area contributed by atoms with E-state index in [-0.39, 0.29) is 39.9 Å². The van der Waals surface area contributed by atoms with E-state index in [1.165, 1.54) is 70.6 Å². The first-order valence-electron chi connectivity index (χ1n) is 35.0. The van der Waals surface area contributed by atoms with Gasteiger partial charge in [-0.25, -0.2) is 47.4 Å². The Balaban J connectivity index is 1.17. The molecule has 0 saturated carbocycles. The van der Waals surface area contributed by atoms with Crippen LogP contribution in [0.3, 0.4) is 0 Å². The molecule has 4 aliphatic rings.